The molecule has 2 nitrogen and oxygen atoms in total. The van der Waals surface area contributed by atoms with Crippen molar-refractivity contribution in [2.45, 2.75) is 83.8 Å². The summed E-state index contributed by atoms with van der Waals surface area (Å²) in [5, 5.41) is 10.4. The van der Waals surface area contributed by atoms with Crippen molar-refractivity contribution in [2.75, 3.05) is 7.11 Å². The van der Waals surface area contributed by atoms with Crippen LogP contribution in [0.2, 0.25) is 0 Å². The van der Waals surface area contributed by atoms with E-state index in [4.69, 9.17) is 4.74 Å². The Morgan fingerprint density at radius 3 is 2.73 bits per heavy atom. The van der Waals surface area contributed by atoms with E-state index in [1.165, 1.54) is 44.9 Å². The van der Waals surface area contributed by atoms with Gasteiger partial charge in [0.05, 0.1) is 12.2 Å². The van der Waals surface area contributed by atoms with E-state index in [-0.39, 0.29) is 17.6 Å². The summed E-state index contributed by atoms with van der Waals surface area (Å²) in [7, 11) is 1.77. The number of aliphatic hydroxyl groups excluding tert-OH is 1. The molecule has 0 bridgehead atoms. The molecule has 2 heteroatoms. The van der Waals surface area contributed by atoms with Crippen LogP contribution in [0.1, 0.15) is 71.6 Å². The Hall–Kier alpha value is -0.340. The summed E-state index contributed by atoms with van der Waals surface area (Å²) in [5.41, 5.74) is 4.52. The van der Waals surface area contributed by atoms with E-state index in [1.807, 2.05) is 5.57 Å². The number of fused-ring (bicyclic) bond motifs is 4. The summed E-state index contributed by atoms with van der Waals surface area (Å²) in [4.78, 5) is 0. The SMILES string of the molecule is COC1CC2(C)C3=C(CCC2CC1O)C1CCCC1(C)CC3. The van der Waals surface area contributed by atoms with Crippen LogP contribution >= 0.6 is 0 Å². The number of methoxy groups -OCH3 is 1. The van der Waals surface area contributed by atoms with Crippen LogP contribution in [0.3, 0.4) is 0 Å². The van der Waals surface area contributed by atoms with Crippen molar-refractivity contribution in [3.8, 4) is 0 Å². The van der Waals surface area contributed by atoms with Crippen LogP contribution in [0.5, 0.6) is 0 Å². The van der Waals surface area contributed by atoms with Crippen LogP contribution in [0.15, 0.2) is 11.1 Å². The van der Waals surface area contributed by atoms with Gasteiger partial charge in [-0.1, -0.05) is 31.4 Å². The molecule has 22 heavy (non-hydrogen) atoms. The van der Waals surface area contributed by atoms with Crippen LogP contribution in [0.25, 0.3) is 0 Å². The van der Waals surface area contributed by atoms with E-state index >= 15 is 0 Å². The third-order valence-electron chi connectivity index (χ3n) is 8.07. The van der Waals surface area contributed by atoms with Crippen LogP contribution in [0.4, 0.5) is 0 Å². The molecule has 0 saturated heterocycles. The zero-order chi connectivity index (χ0) is 15.5. The van der Waals surface area contributed by atoms with Gasteiger partial charge in [-0.15, -0.1) is 0 Å². The van der Waals surface area contributed by atoms with Crippen molar-refractivity contribution < 1.29 is 9.84 Å². The van der Waals surface area contributed by atoms with Gasteiger partial charge in [-0.3, -0.25) is 0 Å². The van der Waals surface area contributed by atoms with Crippen molar-refractivity contribution in [1.29, 1.82) is 0 Å². The molecule has 6 unspecified atom stereocenters. The Kier molecular flexibility index (Phi) is 3.51. The van der Waals surface area contributed by atoms with Crippen molar-refractivity contribution >= 4 is 0 Å². The third-order valence-corrected chi connectivity index (χ3v) is 8.07. The molecule has 0 spiro atoms. The second kappa shape index (κ2) is 5.08. The van der Waals surface area contributed by atoms with Gasteiger partial charge in [0.2, 0.25) is 0 Å². The average Bonchev–Trinajstić information content (AvgIpc) is 2.89. The highest BCUT2D eigenvalue weighted by atomic mass is 16.5. The summed E-state index contributed by atoms with van der Waals surface area (Å²) in [6, 6.07) is 0. The normalized spacial score (nSPS) is 51.3. The maximum absolute atomic E-state index is 10.4. The van der Waals surface area contributed by atoms with Crippen LogP contribution in [-0.4, -0.2) is 24.4 Å². The fourth-order valence-corrected chi connectivity index (χ4v) is 6.69. The maximum Gasteiger partial charge on any atom is 0.0838 e. The standard InChI is InChI=1S/C20H32O2/c1-19-9-4-5-15(19)14-7-6-13-11-17(21)18(22-3)12-20(13,2)16(14)8-10-19/h13,15,17-18,21H,4-12H2,1-3H3. The molecule has 1 N–H and O–H groups in total. The summed E-state index contributed by atoms with van der Waals surface area (Å²) in [6.45, 7) is 5.03. The lowest BCUT2D eigenvalue weighted by Crippen LogP contribution is -2.50. The minimum absolute atomic E-state index is 0.0324. The Morgan fingerprint density at radius 2 is 1.95 bits per heavy atom. The molecule has 0 amide bonds. The van der Waals surface area contributed by atoms with Gasteiger partial charge in [-0.05, 0) is 74.0 Å². The van der Waals surface area contributed by atoms with Gasteiger partial charge in [0, 0.05) is 7.11 Å². The predicted molar refractivity (Wildman–Crippen MR) is 88.6 cm³/mol. The quantitative estimate of drug-likeness (QED) is 0.724. The predicted octanol–water partition coefficient (Wildman–Crippen LogP) is 4.47. The number of hydrogen-bond acceptors (Lipinski definition) is 2. The summed E-state index contributed by atoms with van der Waals surface area (Å²) in [6.07, 6.45) is 11.3. The highest BCUT2D eigenvalue weighted by Crippen LogP contribution is 2.63. The molecular weight excluding hydrogens is 272 g/mol. The number of hydrogen-bond donors (Lipinski definition) is 1. The zero-order valence-corrected chi connectivity index (χ0v) is 14.5. The Balaban J connectivity index is 1.72. The van der Waals surface area contributed by atoms with Crippen molar-refractivity contribution in [1.82, 2.24) is 0 Å². The molecule has 0 aromatic rings. The Morgan fingerprint density at radius 1 is 1.14 bits per heavy atom. The van der Waals surface area contributed by atoms with Gasteiger partial charge in [-0.25, -0.2) is 0 Å². The summed E-state index contributed by atoms with van der Waals surface area (Å²) >= 11 is 0. The lowest BCUT2D eigenvalue weighted by atomic mass is 9.51. The van der Waals surface area contributed by atoms with E-state index in [1.54, 1.807) is 12.7 Å². The smallest absolute Gasteiger partial charge is 0.0838 e. The Bertz CT molecular complexity index is 496. The molecule has 6 atom stereocenters. The second-order valence-corrected chi connectivity index (χ2v) is 9.04. The second-order valence-electron chi connectivity index (χ2n) is 9.04. The van der Waals surface area contributed by atoms with Crippen LogP contribution < -0.4 is 0 Å². The molecular formula is C20H32O2. The molecule has 0 aromatic heterocycles. The number of allylic oxidation sites excluding steroid dienone is 2. The van der Waals surface area contributed by atoms with Crippen molar-refractivity contribution in [3.05, 3.63) is 11.1 Å². The first-order chi connectivity index (χ1) is 10.5. The lowest BCUT2D eigenvalue weighted by Gasteiger charge is -2.55. The number of ether oxygens (including phenoxy) is 1. The van der Waals surface area contributed by atoms with Crippen molar-refractivity contribution in [2.24, 2.45) is 22.7 Å². The Labute approximate surface area is 135 Å². The fraction of sp³-hybridized carbons (Fsp3) is 0.900. The van der Waals surface area contributed by atoms with E-state index in [9.17, 15) is 5.11 Å². The van der Waals surface area contributed by atoms with E-state index in [2.05, 4.69) is 13.8 Å². The van der Waals surface area contributed by atoms with E-state index in [0.29, 0.717) is 11.3 Å². The van der Waals surface area contributed by atoms with Gasteiger partial charge in [0.15, 0.2) is 0 Å². The molecule has 0 radical (unpaired) electrons. The van der Waals surface area contributed by atoms with E-state index in [0.717, 1.165) is 18.8 Å². The summed E-state index contributed by atoms with van der Waals surface area (Å²) < 4.78 is 5.63. The van der Waals surface area contributed by atoms with Crippen LogP contribution in [0, 0.1) is 22.7 Å². The molecule has 0 aromatic carbocycles. The molecule has 0 aliphatic heterocycles. The minimum atomic E-state index is -0.259. The topological polar surface area (TPSA) is 29.5 Å². The van der Waals surface area contributed by atoms with Crippen molar-refractivity contribution in [3.63, 3.8) is 0 Å². The first kappa shape index (κ1) is 15.2. The van der Waals surface area contributed by atoms with E-state index < -0.39 is 0 Å². The van der Waals surface area contributed by atoms with Crippen LogP contribution in [-0.2, 0) is 4.74 Å². The minimum Gasteiger partial charge on any atom is -0.390 e. The number of rotatable bonds is 1. The van der Waals surface area contributed by atoms with Gasteiger partial charge in [0.1, 0.15) is 0 Å². The number of aliphatic hydroxyl groups is 1. The monoisotopic (exact) mass is 304 g/mol. The van der Waals surface area contributed by atoms with Gasteiger partial charge in [-0.2, -0.15) is 0 Å². The average molecular weight is 304 g/mol. The molecule has 4 aliphatic carbocycles. The van der Waals surface area contributed by atoms with Gasteiger partial charge < -0.3 is 9.84 Å². The zero-order valence-electron chi connectivity index (χ0n) is 14.5. The molecule has 4 aliphatic rings. The molecule has 2 fully saturated rings. The maximum atomic E-state index is 10.4. The fourth-order valence-electron chi connectivity index (χ4n) is 6.69. The lowest BCUT2D eigenvalue weighted by molar-refractivity contribution is -0.0928. The first-order valence-corrected chi connectivity index (χ1v) is 9.41. The highest BCUT2D eigenvalue weighted by molar-refractivity contribution is 5.34. The molecule has 4 rings (SSSR count). The molecule has 2 saturated carbocycles. The molecule has 124 valence electrons. The summed E-state index contributed by atoms with van der Waals surface area (Å²) in [5.74, 6) is 1.53. The largest absolute Gasteiger partial charge is 0.390 e. The third kappa shape index (κ3) is 1.99. The highest BCUT2D eigenvalue weighted by Gasteiger charge is 2.53. The molecule has 0 heterocycles. The van der Waals surface area contributed by atoms with Gasteiger partial charge in [0.25, 0.3) is 0 Å². The first-order valence-electron chi connectivity index (χ1n) is 9.41. The van der Waals surface area contributed by atoms with Gasteiger partial charge >= 0.3 is 0 Å².